The summed E-state index contributed by atoms with van der Waals surface area (Å²) in [7, 11) is 1.61. The van der Waals surface area contributed by atoms with E-state index >= 15 is 0 Å². The van der Waals surface area contributed by atoms with E-state index in [9.17, 15) is 4.79 Å². The minimum absolute atomic E-state index is 0.132. The first kappa shape index (κ1) is 15.2. The smallest absolute Gasteiger partial charge is 0.246 e. The summed E-state index contributed by atoms with van der Waals surface area (Å²) >= 11 is 0. The number of carbonyl (C=O) groups excluding carboxylic acids is 1. The maximum atomic E-state index is 12.1. The molecule has 0 spiro atoms. The lowest BCUT2D eigenvalue weighted by Crippen LogP contribution is -2.30. The Morgan fingerprint density at radius 1 is 1.57 bits per heavy atom. The van der Waals surface area contributed by atoms with Gasteiger partial charge in [-0.05, 0) is 13.8 Å². The van der Waals surface area contributed by atoms with Gasteiger partial charge in [0.15, 0.2) is 5.82 Å². The number of nitrogens with zero attached hydrogens (tertiary/aromatic N) is 4. The van der Waals surface area contributed by atoms with Crippen LogP contribution in [0.25, 0.3) is 0 Å². The number of aryl methyl sites for hydroxylation is 1. The Kier molecular flexibility index (Phi) is 5.04. The summed E-state index contributed by atoms with van der Waals surface area (Å²) in [6, 6.07) is -0.344. The fraction of sp³-hybridized carbons (Fsp3) is 0.538. The zero-order chi connectivity index (χ0) is 15.2. The quantitative estimate of drug-likeness (QED) is 0.805. The molecule has 0 fully saturated rings. The van der Waals surface area contributed by atoms with Crippen molar-refractivity contribution < 1.29 is 14.1 Å². The second-order valence-corrected chi connectivity index (χ2v) is 4.62. The van der Waals surface area contributed by atoms with Gasteiger partial charge in [-0.15, -0.1) is 0 Å². The predicted octanol–water partition coefficient (Wildman–Crippen LogP) is 0.641. The molecule has 8 heteroatoms. The largest absolute Gasteiger partial charge is 0.384 e. The van der Waals surface area contributed by atoms with E-state index in [1.807, 2.05) is 13.8 Å². The molecule has 2 aromatic rings. The Labute approximate surface area is 122 Å². The molecule has 2 heterocycles. The molecule has 0 aromatic carbocycles. The van der Waals surface area contributed by atoms with Crippen LogP contribution in [-0.4, -0.2) is 39.3 Å². The molecule has 0 aliphatic carbocycles. The van der Waals surface area contributed by atoms with E-state index in [0.717, 1.165) is 5.82 Å². The van der Waals surface area contributed by atoms with Crippen LogP contribution < -0.4 is 5.32 Å². The van der Waals surface area contributed by atoms with E-state index in [-0.39, 0.29) is 18.5 Å². The van der Waals surface area contributed by atoms with Crippen molar-refractivity contribution in [1.29, 1.82) is 0 Å². The molecular formula is C13H19N5O3. The molecule has 0 saturated heterocycles. The predicted molar refractivity (Wildman–Crippen MR) is 73.4 cm³/mol. The van der Waals surface area contributed by atoms with E-state index in [1.165, 1.54) is 0 Å². The third-order valence-corrected chi connectivity index (χ3v) is 3.11. The summed E-state index contributed by atoms with van der Waals surface area (Å²) in [6.45, 7) is 4.39. The molecule has 0 saturated carbocycles. The van der Waals surface area contributed by atoms with Crippen LogP contribution in [0.15, 0.2) is 16.9 Å². The summed E-state index contributed by atoms with van der Waals surface area (Å²) in [5.74, 6) is 1.61. The topological polar surface area (TPSA) is 95.1 Å². The monoisotopic (exact) mass is 293 g/mol. The summed E-state index contributed by atoms with van der Waals surface area (Å²) in [4.78, 5) is 20.3. The van der Waals surface area contributed by atoms with Crippen LogP contribution in [-0.2, 0) is 22.5 Å². The van der Waals surface area contributed by atoms with Crippen molar-refractivity contribution in [2.75, 3.05) is 13.7 Å². The maximum absolute atomic E-state index is 12.1. The summed E-state index contributed by atoms with van der Waals surface area (Å²) in [6.07, 6.45) is 4.02. The second-order valence-electron chi connectivity index (χ2n) is 4.62. The van der Waals surface area contributed by atoms with Gasteiger partial charge in [-0.25, -0.2) is 4.98 Å². The van der Waals surface area contributed by atoms with Crippen LogP contribution in [0, 0.1) is 6.92 Å². The van der Waals surface area contributed by atoms with Gasteiger partial charge in [-0.3, -0.25) is 4.79 Å². The molecular weight excluding hydrogens is 274 g/mol. The normalized spacial score (nSPS) is 12.3. The van der Waals surface area contributed by atoms with Crippen LogP contribution in [0.4, 0.5) is 0 Å². The first-order chi connectivity index (χ1) is 10.1. The van der Waals surface area contributed by atoms with Gasteiger partial charge in [0.05, 0.1) is 13.2 Å². The highest BCUT2D eigenvalue weighted by Gasteiger charge is 2.17. The molecule has 1 N–H and O–H groups in total. The number of imidazole rings is 1. The molecule has 0 bridgehead atoms. The number of rotatable bonds is 7. The van der Waals surface area contributed by atoms with E-state index in [0.29, 0.717) is 24.7 Å². The van der Waals surface area contributed by atoms with Gasteiger partial charge in [0.25, 0.3) is 0 Å². The van der Waals surface area contributed by atoms with Crippen LogP contribution in [0.1, 0.15) is 30.5 Å². The maximum Gasteiger partial charge on any atom is 0.246 e. The summed E-state index contributed by atoms with van der Waals surface area (Å²) in [5, 5.41) is 6.58. The molecule has 2 aromatic heterocycles. The summed E-state index contributed by atoms with van der Waals surface area (Å²) < 4.78 is 11.8. The van der Waals surface area contributed by atoms with Crippen molar-refractivity contribution in [2.24, 2.45) is 0 Å². The van der Waals surface area contributed by atoms with Crippen LogP contribution in [0.5, 0.6) is 0 Å². The molecule has 0 radical (unpaired) electrons. The Balaban J connectivity index is 1.86. The zero-order valence-corrected chi connectivity index (χ0v) is 12.4. The number of hydrogen-bond acceptors (Lipinski definition) is 6. The van der Waals surface area contributed by atoms with Gasteiger partial charge in [-0.2, -0.15) is 4.98 Å². The first-order valence-electron chi connectivity index (χ1n) is 6.69. The van der Waals surface area contributed by atoms with E-state index in [1.54, 1.807) is 24.1 Å². The van der Waals surface area contributed by atoms with Gasteiger partial charge >= 0.3 is 0 Å². The van der Waals surface area contributed by atoms with Gasteiger partial charge in [0.1, 0.15) is 11.9 Å². The molecule has 1 amide bonds. The third-order valence-electron chi connectivity index (χ3n) is 3.11. The number of carbonyl (C=O) groups is 1. The Hall–Kier alpha value is -2.22. The molecule has 114 valence electrons. The Morgan fingerprint density at radius 2 is 2.38 bits per heavy atom. The Morgan fingerprint density at radius 3 is 3.05 bits per heavy atom. The lowest BCUT2D eigenvalue weighted by molar-refractivity contribution is -0.124. The number of aromatic nitrogens is 4. The lowest BCUT2D eigenvalue weighted by Gasteiger charge is -2.14. The molecule has 1 atom stereocenters. The van der Waals surface area contributed by atoms with Gasteiger partial charge in [-0.1, -0.05) is 5.16 Å². The van der Waals surface area contributed by atoms with Gasteiger partial charge in [0, 0.05) is 25.9 Å². The number of methoxy groups -OCH3 is 1. The average molecular weight is 293 g/mol. The fourth-order valence-electron chi connectivity index (χ4n) is 1.89. The average Bonchev–Trinajstić information content (AvgIpc) is 3.10. The number of hydrogen-bond donors (Lipinski definition) is 1. The molecule has 2 rings (SSSR count). The van der Waals surface area contributed by atoms with Crippen molar-refractivity contribution in [1.82, 2.24) is 25.0 Å². The highest BCUT2D eigenvalue weighted by Crippen LogP contribution is 2.08. The third kappa shape index (κ3) is 3.88. The second kappa shape index (κ2) is 6.98. The molecule has 0 aliphatic heterocycles. The highest BCUT2D eigenvalue weighted by molar-refractivity contribution is 5.79. The van der Waals surface area contributed by atoms with Crippen molar-refractivity contribution in [3.63, 3.8) is 0 Å². The number of nitrogens with one attached hydrogen (secondary N) is 1. The van der Waals surface area contributed by atoms with E-state index in [4.69, 9.17) is 9.26 Å². The zero-order valence-electron chi connectivity index (χ0n) is 12.4. The first-order valence-corrected chi connectivity index (χ1v) is 6.69. The SMILES string of the molecule is COCCc1noc(CNC(=O)[C@@H](C)n2ccnc2C)n1. The fourth-order valence-corrected chi connectivity index (χ4v) is 1.89. The minimum Gasteiger partial charge on any atom is -0.384 e. The highest BCUT2D eigenvalue weighted by atomic mass is 16.5. The van der Waals surface area contributed by atoms with Crippen LogP contribution in [0.2, 0.25) is 0 Å². The molecule has 0 unspecified atom stereocenters. The number of ether oxygens (including phenoxy) is 1. The van der Waals surface area contributed by atoms with Crippen LogP contribution in [0.3, 0.4) is 0 Å². The van der Waals surface area contributed by atoms with E-state index < -0.39 is 0 Å². The summed E-state index contributed by atoms with van der Waals surface area (Å²) in [5.41, 5.74) is 0. The van der Waals surface area contributed by atoms with Gasteiger partial charge < -0.3 is 19.1 Å². The van der Waals surface area contributed by atoms with Crippen molar-refractivity contribution in [3.8, 4) is 0 Å². The molecule has 0 aliphatic rings. The minimum atomic E-state index is -0.344. The van der Waals surface area contributed by atoms with E-state index in [2.05, 4.69) is 20.4 Å². The number of amides is 1. The van der Waals surface area contributed by atoms with Crippen molar-refractivity contribution in [2.45, 2.75) is 32.9 Å². The van der Waals surface area contributed by atoms with Crippen LogP contribution >= 0.6 is 0 Å². The van der Waals surface area contributed by atoms with Crippen molar-refractivity contribution >= 4 is 5.91 Å². The molecule has 21 heavy (non-hydrogen) atoms. The van der Waals surface area contributed by atoms with Gasteiger partial charge in [0.2, 0.25) is 11.8 Å². The van der Waals surface area contributed by atoms with Crippen molar-refractivity contribution in [3.05, 3.63) is 29.9 Å². The standard InChI is InChI=1S/C13H19N5O3/c1-9(18-6-5-14-10(18)2)13(19)15-8-12-16-11(17-21-12)4-7-20-3/h5-6,9H,4,7-8H2,1-3H3,(H,15,19)/t9-/m1/s1. The molecule has 8 nitrogen and oxygen atoms in total. The Bertz CT molecular complexity index is 592. The lowest BCUT2D eigenvalue weighted by atomic mass is 10.3.